The highest BCUT2D eigenvalue weighted by atomic mass is 19.1. The molecule has 32 heavy (non-hydrogen) atoms. The summed E-state index contributed by atoms with van der Waals surface area (Å²) in [5.74, 6) is -0.835. The molecule has 0 spiro atoms. The molecule has 1 atom stereocenters. The van der Waals surface area contributed by atoms with Crippen LogP contribution in [0.1, 0.15) is 25.3 Å². The van der Waals surface area contributed by atoms with E-state index in [1.807, 2.05) is 12.1 Å². The number of anilines is 1. The molecule has 1 aliphatic carbocycles. The third kappa shape index (κ3) is 4.72. The van der Waals surface area contributed by atoms with Gasteiger partial charge in [0.25, 0.3) is 0 Å². The fourth-order valence-corrected chi connectivity index (χ4v) is 3.52. The van der Waals surface area contributed by atoms with Gasteiger partial charge in [-0.25, -0.2) is 9.18 Å². The Kier molecular flexibility index (Phi) is 5.84. The molecule has 3 amide bonds. The second kappa shape index (κ2) is 8.58. The number of nitrogens with two attached hydrogens (primary N) is 1. The van der Waals surface area contributed by atoms with Crippen LogP contribution in [0, 0.1) is 5.82 Å². The van der Waals surface area contributed by atoms with Crippen LogP contribution in [0.2, 0.25) is 0 Å². The summed E-state index contributed by atoms with van der Waals surface area (Å²) in [7, 11) is 0. The lowest BCUT2D eigenvalue weighted by molar-refractivity contribution is -0.123. The Bertz CT molecular complexity index is 1050. The van der Waals surface area contributed by atoms with E-state index in [9.17, 15) is 18.8 Å². The fourth-order valence-electron chi connectivity index (χ4n) is 3.52. The van der Waals surface area contributed by atoms with Gasteiger partial charge in [0.2, 0.25) is 11.8 Å². The van der Waals surface area contributed by atoms with Gasteiger partial charge in [-0.05, 0) is 42.2 Å². The highest BCUT2D eigenvalue weighted by Crippen LogP contribution is 2.32. The summed E-state index contributed by atoms with van der Waals surface area (Å²) in [6.07, 6.45) is 0.344. The monoisotopic (exact) mass is 440 g/mol. The Morgan fingerprint density at radius 1 is 1.19 bits per heavy atom. The minimum absolute atomic E-state index is 0.150. The van der Waals surface area contributed by atoms with Crippen LogP contribution in [0.3, 0.4) is 0 Å². The van der Waals surface area contributed by atoms with Gasteiger partial charge in [-0.2, -0.15) is 0 Å². The van der Waals surface area contributed by atoms with Crippen molar-refractivity contribution in [3.8, 4) is 11.1 Å². The summed E-state index contributed by atoms with van der Waals surface area (Å²) in [4.78, 5) is 36.5. The molecule has 4 rings (SSSR count). The van der Waals surface area contributed by atoms with Crippen molar-refractivity contribution in [1.82, 2.24) is 10.6 Å². The molecule has 0 aromatic heterocycles. The minimum atomic E-state index is -0.712. The van der Waals surface area contributed by atoms with Gasteiger partial charge in [0.1, 0.15) is 11.9 Å². The van der Waals surface area contributed by atoms with Gasteiger partial charge < -0.3 is 21.1 Å². The van der Waals surface area contributed by atoms with Gasteiger partial charge in [0.15, 0.2) is 0 Å². The number of halogens is 1. The van der Waals surface area contributed by atoms with E-state index < -0.39 is 23.6 Å². The molecule has 9 heteroatoms. The summed E-state index contributed by atoms with van der Waals surface area (Å²) in [5, 5.41) is 5.43. The summed E-state index contributed by atoms with van der Waals surface area (Å²) >= 11 is 0. The van der Waals surface area contributed by atoms with Crippen molar-refractivity contribution in [2.45, 2.75) is 38.0 Å². The molecular formula is C23H25FN4O4. The van der Waals surface area contributed by atoms with Gasteiger partial charge in [0.05, 0.1) is 24.3 Å². The number of cyclic esters (lactones) is 1. The van der Waals surface area contributed by atoms with Crippen LogP contribution in [-0.4, -0.2) is 42.6 Å². The first-order valence-electron chi connectivity index (χ1n) is 10.4. The van der Waals surface area contributed by atoms with Gasteiger partial charge in [0, 0.05) is 19.0 Å². The van der Waals surface area contributed by atoms with Crippen molar-refractivity contribution in [2.24, 2.45) is 5.73 Å². The molecule has 1 aliphatic heterocycles. The van der Waals surface area contributed by atoms with Crippen LogP contribution in [0.15, 0.2) is 42.5 Å². The minimum Gasteiger partial charge on any atom is -0.442 e. The van der Waals surface area contributed by atoms with Crippen molar-refractivity contribution in [1.29, 1.82) is 0 Å². The first-order chi connectivity index (χ1) is 15.2. The third-order valence-corrected chi connectivity index (χ3v) is 5.68. The topological polar surface area (TPSA) is 114 Å². The number of benzene rings is 2. The molecule has 0 radical (unpaired) electrons. The van der Waals surface area contributed by atoms with E-state index in [1.165, 1.54) is 17.9 Å². The normalized spacial score (nSPS) is 18.8. The number of hydrogen-bond donors (Lipinski definition) is 3. The molecule has 0 unspecified atom stereocenters. The van der Waals surface area contributed by atoms with Crippen molar-refractivity contribution in [2.75, 3.05) is 18.0 Å². The van der Waals surface area contributed by atoms with Crippen LogP contribution in [0.4, 0.5) is 14.9 Å². The predicted molar refractivity (Wildman–Crippen MR) is 116 cm³/mol. The third-order valence-electron chi connectivity index (χ3n) is 5.68. The molecule has 1 saturated heterocycles. The Morgan fingerprint density at radius 3 is 2.53 bits per heavy atom. The van der Waals surface area contributed by atoms with Crippen LogP contribution in [0.25, 0.3) is 11.1 Å². The standard InChI is InChI=1S/C23H25FN4O4/c1-14(29)26-12-18-13-28(22(31)32-18)17-6-7-19(20(24)10-17)16-4-2-15(3-5-16)11-27-21(30)23(25)8-9-23/h2-7,10,18H,8-9,11-13,25H2,1H3,(H,26,29)(H,27,30)/t18-/m0/s1. The van der Waals surface area contributed by atoms with Crippen molar-refractivity contribution in [3.05, 3.63) is 53.8 Å². The molecule has 2 aliphatic rings. The second-order valence-electron chi connectivity index (χ2n) is 8.25. The zero-order chi connectivity index (χ0) is 22.9. The number of nitrogens with zero attached hydrogens (tertiary/aromatic N) is 1. The van der Waals surface area contributed by atoms with E-state index in [1.54, 1.807) is 24.3 Å². The SMILES string of the molecule is CC(=O)NC[C@H]1CN(c2ccc(-c3ccc(CNC(=O)C4(N)CC4)cc3)c(F)c2)C(=O)O1. The van der Waals surface area contributed by atoms with E-state index in [-0.39, 0.29) is 24.9 Å². The number of carbonyl (C=O) groups is 3. The molecular weight excluding hydrogens is 415 g/mol. The van der Waals surface area contributed by atoms with Crippen molar-refractivity contribution < 1.29 is 23.5 Å². The number of hydrogen-bond acceptors (Lipinski definition) is 5. The predicted octanol–water partition coefficient (Wildman–Crippen LogP) is 2.06. The fraction of sp³-hybridized carbons (Fsp3) is 0.348. The number of ether oxygens (including phenoxy) is 1. The van der Waals surface area contributed by atoms with E-state index in [0.717, 1.165) is 5.56 Å². The molecule has 1 saturated carbocycles. The van der Waals surface area contributed by atoms with Gasteiger partial charge in [-0.3, -0.25) is 14.5 Å². The highest BCUT2D eigenvalue weighted by molar-refractivity contribution is 5.90. The summed E-state index contributed by atoms with van der Waals surface area (Å²) in [5.41, 5.74) is 7.49. The number of nitrogens with one attached hydrogen (secondary N) is 2. The number of carbonyl (C=O) groups excluding carboxylic acids is 3. The summed E-state index contributed by atoms with van der Waals surface area (Å²) in [6.45, 7) is 2.17. The van der Waals surface area contributed by atoms with Crippen molar-refractivity contribution in [3.63, 3.8) is 0 Å². The number of amides is 3. The van der Waals surface area contributed by atoms with Gasteiger partial charge in [-0.15, -0.1) is 0 Å². The summed E-state index contributed by atoms with van der Waals surface area (Å²) < 4.78 is 20.1. The first kappa shape index (κ1) is 21.8. The lowest BCUT2D eigenvalue weighted by atomic mass is 10.0. The quantitative estimate of drug-likeness (QED) is 0.610. The van der Waals surface area contributed by atoms with E-state index >= 15 is 0 Å². The highest BCUT2D eigenvalue weighted by Gasteiger charge is 2.45. The molecule has 0 bridgehead atoms. The summed E-state index contributed by atoms with van der Waals surface area (Å²) in [6, 6.07) is 11.8. The largest absolute Gasteiger partial charge is 0.442 e. The number of rotatable bonds is 7. The maximum Gasteiger partial charge on any atom is 0.414 e. The molecule has 1 heterocycles. The Hall–Kier alpha value is -3.46. The van der Waals surface area contributed by atoms with E-state index in [2.05, 4.69) is 10.6 Å². The maximum absolute atomic E-state index is 14.9. The molecule has 168 valence electrons. The molecule has 4 N–H and O–H groups in total. The molecule has 2 aromatic rings. The van der Waals surface area contributed by atoms with E-state index in [4.69, 9.17) is 10.5 Å². The van der Waals surface area contributed by atoms with Crippen molar-refractivity contribution >= 4 is 23.6 Å². The maximum atomic E-state index is 14.9. The Morgan fingerprint density at radius 2 is 1.91 bits per heavy atom. The van der Waals surface area contributed by atoms with Crippen LogP contribution in [0.5, 0.6) is 0 Å². The lowest BCUT2D eigenvalue weighted by Gasteiger charge is -2.15. The average Bonchev–Trinajstić information content (AvgIpc) is 3.41. The smallest absolute Gasteiger partial charge is 0.414 e. The molecule has 2 aromatic carbocycles. The zero-order valence-electron chi connectivity index (χ0n) is 17.7. The van der Waals surface area contributed by atoms with Gasteiger partial charge >= 0.3 is 6.09 Å². The Labute approximate surface area is 184 Å². The first-order valence-corrected chi connectivity index (χ1v) is 10.4. The van der Waals surface area contributed by atoms with Crippen LogP contribution < -0.4 is 21.3 Å². The van der Waals surface area contributed by atoms with E-state index in [0.29, 0.717) is 36.2 Å². The Balaban J connectivity index is 1.40. The second-order valence-corrected chi connectivity index (χ2v) is 8.25. The van der Waals surface area contributed by atoms with Crippen LogP contribution >= 0.6 is 0 Å². The lowest BCUT2D eigenvalue weighted by Crippen LogP contribution is -2.42. The average molecular weight is 440 g/mol. The van der Waals surface area contributed by atoms with Gasteiger partial charge in [-0.1, -0.05) is 24.3 Å². The van der Waals surface area contributed by atoms with Crippen LogP contribution in [-0.2, 0) is 20.9 Å². The molecule has 8 nitrogen and oxygen atoms in total. The molecule has 2 fully saturated rings. The zero-order valence-corrected chi connectivity index (χ0v) is 17.7.